The van der Waals surface area contributed by atoms with E-state index in [2.05, 4.69) is 43.4 Å². The number of hydrogen-bond donors (Lipinski definition) is 1. The van der Waals surface area contributed by atoms with Crippen molar-refractivity contribution in [3.05, 3.63) is 29.8 Å². The van der Waals surface area contributed by atoms with Crippen molar-refractivity contribution in [1.82, 2.24) is 0 Å². The number of para-hydroxylation sites is 1. The third-order valence-electron chi connectivity index (χ3n) is 5.26. The van der Waals surface area contributed by atoms with Crippen LogP contribution >= 0.6 is 0 Å². The molecule has 1 N–H and O–H groups in total. The lowest BCUT2D eigenvalue weighted by atomic mass is 9.79. The third kappa shape index (κ3) is 6.55. The molecule has 1 aliphatic carbocycles. The third-order valence-corrected chi connectivity index (χ3v) is 5.26. The van der Waals surface area contributed by atoms with E-state index in [1.807, 2.05) is 0 Å². The van der Waals surface area contributed by atoms with Gasteiger partial charge in [-0.3, -0.25) is 0 Å². The lowest BCUT2D eigenvalue weighted by Gasteiger charge is -2.29. The molecule has 1 fully saturated rings. The van der Waals surface area contributed by atoms with Crippen molar-refractivity contribution < 1.29 is 4.74 Å². The molecule has 0 bridgehead atoms. The number of methoxy groups -OCH3 is 1. The fourth-order valence-electron chi connectivity index (χ4n) is 3.77. The fourth-order valence-corrected chi connectivity index (χ4v) is 3.77. The SMILES string of the molecule is COCc1ccccc1NCC1CCC(CCCC(C)C)CC1. The Morgan fingerprint density at radius 2 is 1.78 bits per heavy atom. The molecule has 0 unspecified atom stereocenters. The van der Waals surface area contributed by atoms with Gasteiger partial charge in [0.1, 0.15) is 0 Å². The van der Waals surface area contributed by atoms with Gasteiger partial charge in [0, 0.05) is 24.9 Å². The summed E-state index contributed by atoms with van der Waals surface area (Å²) < 4.78 is 5.29. The average Bonchev–Trinajstić information content (AvgIpc) is 2.55. The molecule has 23 heavy (non-hydrogen) atoms. The Morgan fingerprint density at radius 1 is 1.09 bits per heavy atom. The molecular weight excluding hydrogens is 282 g/mol. The Bertz CT molecular complexity index is 435. The fraction of sp³-hybridized carbons (Fsp3) is 0.714. The van der Waals surface area contributed by atoms with Gasteiger partial charge >= 0.3 is 0 Å². The molecule has 2 nitrogen and oxygen atoms in total. The van der Waals surface area contributed by atoms with Gasteiger partial charge in [-0.05, 0) is 36.7 Å². The minimum atomic E-state index is 0.686. The molecule has 0 atom stereocenters. The summed E-state index contributed by atoms with van der Waals surface area (Å²) in [6.07, 6.45) is 9.94. The van der Waals surface area contributed by atoms with Crippen LogP contribution in [-0.2, 0) is 11.3 Å². The van der Waals surface area contributed by atoms with Crippen molar-refractivity contribution in [3.63, 3.8) is 0 Å². The van der Waals surface area contributed by atoms with Crippen molar-refractivity contribution in [2.24, 2.45) is 17.8 Å². The van der Waals surface area contributed by atoms with E-state index >= 15 is 0 Å². The van der Waals surface area contributed by atoms with Crippen LogP contribution in [0.5, 0.6) is 0 Å². The van der Waals surface area contributed by atoms with E-state index in [0.29, 0.717) is 6.61 Å². The minimum absolute atomic E-state index is 0.686. The summed E-state index contributed by atoms with van der Waals surface area (Å²) in [5.41, 5.74) is 2.51. The number of hydrogen-bond acceptors (Lipinski definition) is 2. The zero-order chi connectivity index (χ0) is 16.5. The van der Waals surface area contributed by atoms with Gasteiger partial charge < -0.3 is 10.1 Å². The summed E-state index contributed by atoms with van der Waals surface area (Å²) in [5.74, 6) is 2.69. The summed E-state index contributed by atoms with van der Waals surface area (Å²) in [6, 6.07) is 8.51. The first-order valence-corrected chi connectivity index (χ1v) is 9.49. The van der Waals surface area contributed by atoms with Crippen LogP contribution in [0.15, 0.2) is 24.3 Å². The summed E-state index contributed by atoms with van der Waals surface area (Å²) in [7, 11) is 1.76. The molecule has 2 rings (SSSR count). The molecule has 1 aromatic carbocycles. The zero-order valence-electron chi connectivity index (χ0n) is 15.3. The molecule has 0 heterocycles. The van der Waals surface area contributed by atoms with Gasteiger partial charge in [-0.15, -0.1) is 0 Å². The Labute approximate surface area is 143 Å². The van der Waals surface area contributed by atoms with E-state index < -0.39 is 0 Å². The monoisotopic (exact) mass is 317 g/mol. The van der Waals surface area contributed by atoms with Crippen molar-refractivity contribution in [3.8, 4) is 0 Å². The highest BCUT2D eigenvalue weighted by molar-refractivity contribution is 5.50. The number of ether oxygens (including phenoxy) is 1. The first-order valence-electron chi connectivity index (χ1n) is 9.49. The highest BCUT2D eigenvalue weighted by Gasteiger charge is 2.21. The van der Waals surface area contributed by atoms with Gasteiger partial charge in [-0.25, -0.2) is 0 Å². The molecule has 0 aromatic heterocycles. The minimum Gasteiger partial charge on any atom is -0.384 e. The number of nitrogens with one attached hydrogen (secondary N) is 1. The highest BCUT2D eigenvalue weighted by Crippen LogP contribution is 2.32. The van der Waals surface area contributed by atoms with Gasteiger partial charge in [0.25, 0.3) is 0 Å². The quantitative estimate of drug-likeness (QED) is 0.614. The molecule has 0 radical (unpaired) electrons. The maximum atomic E-state index is 5.29. The number of benzene rings is 1. The second-order valence-electron chi connectivity index (χ2n) is 7.68. The second kappa shape index (κ2) is 9.97. The van der Waals surface area contributed by atoms with E-state index in [1.165, 1.54) is 56.2 Å². The molecule has 1 aliphatic rings. The highest BCUT2D eigenvalue weighted by atomic mass is 16.5. The number of rotatable bonds is 9. The van der Waals surface area contributed by atoms with Crippen molar-refractivity contribution in [2.75, 3.05) is 19.0 Å². The van der Waals surface area contributed by atoms with Crippen LogP contribution in [0.2, 0.25) is 0 Å². The molecule has 1 aromatic rings. The van der Waals surface area contributed by atoms with Crippen LogP contribution < -0.4 is 5.32 Å². The Morgan fingerprint density at radius 3 is 2.48 bits per heavy atom. The van der Waals surface area contributed by atoms with E-state index in [9.17, 15) is 0 Å². The van der Waals surface area contributed by atoms with Crippen LogP contribution in [0.4, 0.5) is 5.69 Å². The molecule has 0 saturated heterocycles. The predicted octanol–water partition coefficient (Wildman–Crippen LogP) is 5.88. The molecule has 0 aliphatic heterocycles. The summed E-state index contributed by atoms with van der Waals surface area (Å²) >= 11 is 0. The molecule has 0 spiro atoms. The molecule has 2 heteroatoms. The molecule has 130 valence electrons. The summed E-state index contributed by atoms with van der Waals surface area (Å²) in [5, 5.41) is 3.66. The first kappa shape index (κ1) is 18.3. The van der Waals surface area contributed by atoms with Crippen molar-refractivity contribution in [2.45, 2.75) is 65.4 Å². The van der Waals surface area contributed by atoms with Gasteiger partial charge in [0.05, 0.1) is 6.61 Å². The van der Waals surface area contributed by atoms with Crippen LogP contribution in [0.1, 0.15) is 64.4 Å². The zero-order valence-corrected chi connectivity index (χ0v) is 15.3. The van der Waals surface area contributed by atoms with Gasteiger partial charge in [-0.1, -0.05) is 64.2 Å². The second-order valence-corrected chi connectivity index (χ2v) is 7.68. The van der Waals surface area contributed by atoms with Crippen LogP contribution in [0.3, 0.4) is 0 Å². The summed E-state index contributed by atoms with van der Waals surface area (Å²) in [6.45, 7) is 6.47. The Balaban J connectivity index is 1.68. The van der Waals surface area contributed by atoms with E-state index in [0.717, 1.165) is 24.3 Å². The first-order chi connectivity index (χ1) is 11.2. The summed E-state index contributed by atoms with van der Waals surface area (Å²) in [4.78, 5) is 0. The molecular formula is C21H35NO. The lowest BCUT2D eigenvalue weighted by Crippen LogP contribution is -2.21. The number of anilines is 1. The average molecular weight is 318 g/mol. The van der Waals surface area contributed by atoms with Crippen molar-refractivity contribution >= 4 is 5.69 Å². The maximum absolute atomic E-state index is 5.29. The van der Waals surface area contributed by atoms with Crippen LogP contribution in [0, 0.1) is 17.8 Å². The van der Waals surface area contributed by atoms with Gasteiger partial charge in [0.2, 0.25) is 0 Å². The van der Waals surface area contributed by atoms with E-state index in [4.69, 9.17) is 4.74 Å². The predicted molar refractivity (Wildman–Crippen MR) is 99.8 cm³/mol. The molecule has 1 saturated carbocycles. The van der Waals surface area contributed by atoms with E-state index in [1.54, 1.807) is 7.11 Å². The van der Waals surface area contributed by atoms with E-state index in [-0.39, 0.29) is 0 Å². The smallest absolute Gasteiger partial charge is 0.0733 e. The van der Waals surface area contributed by atoms with Gasteiger partial charge in [-0.2, -0.15) is 0 Å². The molecule has 0 amide bonds. The largest absolute Gasteiger partial charge is 0.384 e. The standard InChI is InChI=1S/C21H35NO/c1-17(2)7-6-8-18-11-13-19(14-12-18)15-22-21-10-5-4-9-20(21)16-23-3/h4-5,9-10,17-19,22H,6-8,11-16H2,1-3H3. The Kier molecular flexibility index (Phi) is 7.94. The van der Waals surface area contributed by atoms with Crippen LogP contribution in [0.25, 0.3) is 0 Å². The Hall–Kier alpha value is -1.02. The van der Waals surface area contributed by atoms with Gasteiger partial charge in [0.15, 0.2) is 0 Å². The normalized spacial score (nSPS) is 21.6. The maximum Gasteiger partial charge on any atom is 0.0733 e. The lowest BCUT2D eigenvalue weighted by molar-refractivity contribution is 0.185. The van der Waals surface area contributed by atoms with Crippen molar-refractivity contribution in [1.29, 1.82) is 0 Å². The van der Waals surface area contributed by atoms with Crippen LogP contribution in [-0.4, -0.2) is 13.7 Å². The topological polar surface area (TPSA) is 21.3 Å².